The number of anilines is 2. The summed E-state index contributed by atoms with van der Waals surface area (Å²) in [6.45, 7) is 0. The summed E-state index contributed by atoms with van der Waals surface area (Å²) in [4.78, 5) is 30.0. The third-order valence-electron chi connectivity index (χ3n) is 4.14. The molecule has 5 nitrogen and oxygen atoms in total. The molecule has 1 atom stereocenters. The zero-order valence-electron chi connectivity index (χ0n) is 11.9. The summed E-state index contributed by atoms with van der Waals surface area (Å²) in [6.07, 6.45) is 3.36. The van der Waals surface area contributed by atoms with E-state index in [1.807, 2.05) is 24.3 Å². The smallest absolute Gasteiger partial charge is 0.232 e. The van der Waals surface area contributed by atoms with Gasteiger partial charge in [-0.25, -0.2) is 4.98 Å². The van der Waals surface area contributed by atoms with E-state index < -0.39 is 5.92 Å². The van der Waals surface area contributed by atoms with Crippen molar-refractivity contribution in [2.45, 2.75) is 31.6 Å². The quantitative estimate of drug-likeness (QED) is 0.915. The maximum absolute atomic E-state index is 12.2. The number of hydrogen-bond acceptors (Lipinski definition) is 4. The Balaban J connectivity index is 1.47. The fourth-order valence-electron chi connectivity index (χ4n) is 3.08. The van der Waals surface area contributed by atoms with E-state index in [1.165, 1.54) is 4.88 Å². The lowest BCUT2D eigenvalue weighted by Gasteiger charge is -2.08. The molecule has 0 unspecified atom stereocenters. The average Bonchev–Trinajstić information content (AvgIpc) is 3.13. The van der Waals surface area contributed by atoms with E-state index in [9.17, 15) is 9.59 Å². The van der Waals surface area contributed by atoms with E-state index in [0.29, 0.717) is 5.13 Å². The second-order valence-electron chi connectivity index (χ2n) is 5.62. The topological polar surface area (TPSA) is 71.1 Å². The van der Waals surface area contributed by atoms with Crippen LogP contribution in [0.2, 0.25) is 0 Å². The van der Waals surface area contributed by atoms with Gasteiger partial charge < -0.3 is 10.6 Å². The molecule has 2 heterocycles. The first-order chi connectivity index (χ1) is 10.7. The summed E-state index contributed by atoms with van der Waals surface area (Å²) in [5.74, 6) is -0.690. The molecule has 0 saturated carbocycles. The Labute approximate surface area is 131 Å². The lowest BCUT2D eigenvalue weighted by Crippen LogP contribution is -2.20. The number of carbonyl (C=O) groups excluding carboxylic acids is 2. The lowest BCUT2D eigenvalue weighted by molar-refractivity contribution is -0.122. The number of benzene rings is 1. The highest BCUT2D eigenvalue weighted by molar-refractivity contribution is 7.15. The number of aromatic nitrogens is 1. The van der Waals surface area contributed by atoms with Gasteiger partial charge in [0.2, 0.25) is 11.8 Å². The number of amides is 2. The molecule has 0 fully saturated rings. The SMILES string of the molecule is O=C(C[C@H]1C(=O)Nc2ccccc21)Nc1nc2c(s1)CCC2. The molecular weight excluding hydrogens is 298 g/mol. The van der Waals surface area contributed by atoms with Crippen LogP contribution in [-0.4, -0.2) is 16.8 Å². The molecule has 22 heavy (non-hydrogen) atoms. The highest BCUT2D eigenvalue weighted by Crippen LogP contribution is 2.35. The van der Waals surface area contributed by atoms with Crippen molar-refractivity contribution in [3.05, 3.63) is 40.4 Å². The molecule has 2 N–H and O–H groups in total. The number of aryl methyl sites for hydroxylation is 2. The summed E-state index contributed by atoms with van der Waals surface area (Å²) in [6, 6.07) is 7.51. The van der Waals surface area contributed by atoms with Gasteiger partial charge in [0.25, 0.3) is 0 Å². The maximum atomic E-state index is 12.2. The Morgan fingerprint density at radius 2 is 2.23 bits per heavy atom. The van der Waals surface area contributed by atoms with Gasteiger partial charge in [-0.1, -0.05) is 18.2 Å². The van der Waals surface area contributed by atoms with Crippen molar-refractivity contribution >= 4 is 34.0 Å². The Kier molecular flexibility index (Phi) is 3.18. The predicted octanol–water partition coefficient (Wildman–Crippen LogP) is 2.70. The monoisotopic (exact) mass is 313 g/mol. The number of carbonyl (C=O) groups is 2. The first-order valence-corrected chi connectivity index (χ1v) is 8.20. The largest absolute Gasteiger partial charge is 0.325 e. The van der Waals surface area contributed by atoms with Crippen LogP contribution in [0.15, 0.2) is 24.3 Å². The van der Waals surface area contributed by atoms with Crippen LogP contribution in [0, 0.1) is 0 Å². The van der Waals surface area contributed by atoms with E-state index in [0.717, 1.165) is 36.2 Å². The summed E-state index contributed by atoms with van der Waals surface area (Å²) in [7, 11) is 0. The third kappa shape index (κ3) is 2.29. The maximum Gasteiger partial charge on any atom is 0.232 e. The first kappa shape index (κ1) is 13.5. The van der Waals surface area contributed by atoms with E-state index in [-0.39, 0.29) is 18.2 Å². The van der Waals surface area contributed by atoms with Gasteiger partial charge in [0.05, 0.1) is 11.6 Å². The fourth-order valence-corrected chi connectivity index (χ4v) is 4.14. The van der Waals surface area contributed by atoms with Crippen molar-refractivity contribution in [3.63, 3.8) is 0 Å². The zero-order chi connectivity index (χ0) is 15.1. The summed E-state index contributed by atoms with van der Waals surface area (Å²) >= 11 is 1.55. The van der Waals surface area contributed by atoms with Gasteiger partial charge in [0, 0.05) is 17.0 Å². The number of thiazole rings is 1. The standard InChI is InChI=1S/C16H15N3O2S/c20-14(19-16-18-12-6-3-7-13(12)22-16)8-10-9-4-1-2-5-11(9)17-15(10)21/h1-2,4-5,10H,3,6-8H2,(H,17,21)(H,18,19,20)/t10-/m1/s1. The second-order valence-corrected chi connectivity index (χ2v) is 6.71. The molecule has 1 aromatic heterocycles. The predicted molar refractivity (Wildman–Crippen MR) is 85.2 cm³/mol. The highest BCUT2D eigenvalue weighted by atomic mass is 32.1. The number of nitrogens with zero attached hydrogens (tertiary/aromatic N) is 1. The van der Waals surface area contributed by atoms with Crippen LogP contribution >= 0.6 is 11.3 Å². The molecule has 0 spiro atoms. The van der Waals surface area contributed by atoms with Crippen LogP contribution in [0.3, 0.4) is 0 Å². The van der Waals surface area contributed by atoms with Crippen LogP contribution < -0.4 is 10.6 Å². The van der Waals surface area contributed by atoms with Crippen molar-refractivity contribution < 1.29 is 9.59 Å². The Bertz CT molecular complexity index is 747. The normalized spacial score (nSPS) is 18.7. The van der Waals surface area contributed by atoms with E-state index >= 15 is 0 Å². The number of rotatable bonds is 3. The molecule has 112 valence electrons. The van der Waals surface area contributed by atoms with Crippen molar-refractivity contribution in [1.82, 2.24) is 4.98 Å². The number of nitrogens with one attached hydrogen (secondary N) is 2. The molecule has 2 aliphatic rings. The summed E-state index contributed by atoms with van der Waals surface area (Å²) in [5.41, 5.74) is 2.81. The van der Waals surface area contributed by atoms with Crippen LogP contribution in [0.1, 0.15) is 34.9 Å². The molecule has 1 aliphatic heterocycles. The van der Waals surface area contributed by atoms with Gasteiger partial charge in [-0.2, -0.15) is 0 Å². The van der Waals surface area contributed by atoms with Crippen LogP contribution in [-0.2, 0) is 22.4 Å². The minimum atomic E-state index is -0.414. The fraction of sp³-hybridized carbons (Fsp3) is 0.312. The van der Waals surface area contributed by atoms with Gasteiger partial charge in [-0.05, 0) is 30.9 Å². The summed E-state index contributed by atoms with van der Waals surface area (Å²) < 4.78 is 0. The minimum absolute atomic E-state index is 0.113. The van der Waals surface area contributed by atoms with Crippen LogP contribution in [0.25, 0.3) is 0 Å². The first-order valence-electron chi connectivity index (χ1n) is 7.39. The molecule has 6 heteroatoms. The van der Waals surface area contributed by atoms with Crippen LogP contribution in [0.5, 0.6) is 0 Å². The number of para-hydroxylation sites is 1. The van der Waals surface area contributed by atoms with Crippen molar-refractivity contribution in [2.24, 2.45) is 0 Å². The summed E-state index contributed by atoms with van der Waals surface area (Å²) in [5, 5.41) is 6.31. The lowest BCUT2D eigenvalue weighted by atomic mass is 9.97. The molecule has 2 aromatic rings. The van der Waals surface area contributed by atoms with Gasteiger partial charge in [-0.3, -0.25) is 9.59 Å². The van der Waals surface area contributed by atoms with Gasteiger partial charge in [0.15, 0.2) is 5.13 Å². The highest BCUT2D eigenvalue weighted by Gasteiger charge is 2.32. The Hall–Kier alpha value is -2.21. The molecule has 1 aromatic carbocycles. The zero-order valence-corrected chi connectivity index (χ0v) is 12.7. The van der Waals surface area contributed by atoms with E-state index in [2.05, 4.69) is 15.6 Å². The molecule has 0 bridgehead atoms. The minimum Gasteiger partial charge on any atom is -0.325 e. The van der Waals surface area contributed by atoms with Crippen LogP contribution in [0.4, 0.5) is 10.8 Å². The Morgan fingerprint density at radius 3 is 3.09 bits per heavy atom. The number of fused-ring (bicyclic) bond motifs is 2. The molecule has 1 aliphatic carbocycles. The van der Waals surface area contributed by atoms with E-state index in [1.54, 1.807) is 11.3 Å². The van der Waals surface area contributed by atoms with Crippen molar-refractivity contribution in [1.29, 1.82) is 0 Å². The molecule has 0 saturated heterocycles. The van der Waals surface area contributed by atoms with Crippen molar-refractivity contribution in [3.8, 4) is 0 Å². The number of hydrogen-bond donors (Lipinski definition) is 2. The van der Waals surface area contributed by atoms with E-state index in [4.69, 9.17) is 0 Å². The molecule has 2 amide bonds. The van der Waals surface area contributed by atoms with Crippen molar-refractivity contribution in [2.75, 3.05) is 10.6 Å². The average molecular weight is 313 g/mol. The second kappa shape index (κ2) is 5.21. The van der Waals surface area contributed by atoms with Gasteiger partial charge in [0.1, 0.15) is 0 Å². The molecule has 4 rings (SSSR count). The molecule has 0 radical (unpaired) electrons. The Morgan fingerprint density at radius 1 is 1.36 bits per heavy atom. The third-order valence-corrected chi connectivity index (χ3v) is 5.21. The molecular formula is C16H15N3O2S. The van der Waals surface area contributed by atoms with Gasteiger partial charge in [-0.15, -0.1) is 11.3 Å². The van der Waals surface area contributed by atoms with Gasteiger partial charge >= 0.3 is 0 Å².